The molecule has 8 heteroatoms. The van der Waals surface area contributed by atoms with E-state index in [9.17, 15) is 8.42 Å². The molecule has 2 rings (SSSR count). The number of nitrogens with zero attached hydrogens (tertiary/aromatic N) is 4. The Labute approximate surface area is 112 Å². The van der Waals surface area contributed by atoms with Crippen molar-refractivity contribution in [1.82, 2.24) is 19.6 Å². The third-order valence-corrected chi connectivity index (χ3v) is 4.56. The Bertz CT molecular complexity index is 727. The van der Waals surface area contributed by atoms with Gasteiger partial charge >= 0.3 is 0 Å². The topological polar surface area (TPSA) is 81.8 Å². The van der Waals surface area contributed by atoms with E-state index >= 15 is 0 Å². The molecular formula is C11H17N5O2S. The minimum atomic E-state index is -3.66. The molecule has 0 saturated carbocycles. The molecule has 1 N–H and O–H groups in total. The van der Waals surface area contributed by atoms with E-state index < -0.39 is 10.0 Å². The molecule has 2 heterocycles. The van der Waals surface area contributed by atoms with Crippen LogP contribution in [0.1, 0.15) is 17.1 Å². The van der Waals surface area contributed by atoms with Gasteiger partial charge in [0.2, 0.25) is 0 Å². The lowest BCUT2D eigenvalue weighted by Gasteiger charge is -2.08. The van der Waals surface area contributed by atoms with E-state index in [1.807, 2.05) is 0 Å². The molecule has 0 aromatic carbocycles. The number of anilines is 1. The maximum absolute atomic E-state index is 12.4. The van der Waals surface area contributed by atoms with Gasteiger partial charge in [-0.3, -0.25) is 14.1 Å². The van der Waals surface area contributed by atoms with Crippen LogP contribution in [-0.2, 0) is 24.1 Å². The maximum atomic E-state index is 12.4. The lowest BCUT2D eigenvalue weighted by atomic mass is 10.4. The molecule has 0 fully saturated rings. The van der Waals surface area contributed by atoms with Crippen LogP contribution in [0.15, 0.2) is 11.0 Å². The molecule has 0 unspecified atom stereocenters. The van der Waals surface area contributed by atoms with Crippen molar-refractivity contribution in [3.8, 4) is 0 Å². The molecular weight excluding hydrogens is 266 g/mol. The van der Waals surface area contributed by atoms with Gasteiger partial charge in [0.25, 0.3) is 10.0 Å². The van der Waals surface area contributed by atoms with E-state index in [1.54, 1.807) is 45.6 Å². The van der Waals surface area contributed by atoms with Crippen molar-refractivity contribution < 1.29 is 8.42 Å². The maximum Gasteiger partial charge on any atom is 0.266 e. The largest absolute Gasteiger partial charge is 0.271 e. The summed E-state index contributed by atoms with van der Waals surface area (Å²) < 4.78 is 30.4. The van der Waals surface area contributed by atoms with Crippen molar-refractivity contribution in [2.24, 2.45) is 14.1 Å². The number of aromatic nitrogens is 4. The van der Waals surface area contributed by atoms with Gasteiger partial charge in [-0.05, 0) is 20.8 Å². The lowest BCUT2D eigenvalue weighted by Crippen LogP contribution is -2.17. The van der Waals surface area contributed by atoms with Gasteiger partial charge < -0.3 is 0 Å². The van der Waals surface area contributed by atoms with E-state index in [2.05, 4.69) is 14.9 Å². The van der Waals surface area contributed by atoms with Crippen LogP contribution in [0.25, 0.3) is 0 Å². The minimum Gasteiger partial charge on any atom is -0.271 e. The van der Waals surface area contributed by atoms with Crippen LogP contribution in [0, 0.1) is 20.8 Å². The summed E-state index contributed by atoms with van der Waals surface area (Å²) in [5, 5.41) is 8.23. The average Bonchev–Trinajstić information content (AvgIpc) is 2.68. The second-order valence-electron chi connectivity index (χ2n) is 4.52. The summed E-state index contributed by atoms with van der Waals surface area (Å²) in [7, 11) is -0.251. The molecule has 0 bridgehead atoms. The molecule has 2 aromatic rings. The predicted molar refractivity (Wildman–Crippen MR) is 71.4 cm³/mol. The normalized spacial score (nSPS) is 11.8. The first-order valence-corrected chi connectivity index (χ1v) is 7.24. The average molecular weight is 283 g/mol. The fourth-order valence-electron chi connectivity index (χ4n) is 2.04. The Morgan fingerprint density at radius 3 is 2.16 bits per heavy atom. The summed E-state index contributed by atoms with van der Waals surface area (Å²) in [4.78, 5) is 0.217. The fourth-order valence-corrected chi connectivity index (χ4v) is 3.56. The molecule has 0 atom stereocenters. The lowest BCUT2D eigenvalue weighted by molar-refractivity contribution is 0.598. The smallest absolute Gasteiger partial charge is 0.266 e. The summed E-state index contributed by atoms with van der Waals surface area (Å²) >= 11 is 0. The van der Waals surface area contributed by atoms with Gasteiger partial charge in [-0.25, -0.2) is 8.42 Å². The highest BCUT2D eigenvalue weighted by Crippen LogP contribution is 2.22. The van der Waals surface area contributed by atoms with Gasteiger partial charge in [0.15, 0.2) is 0 Å². The van der Waals surface area contributed by atoms with Crippen LogP contribution >= 0.6 is 0 Å². The highest BCUT2D eigenvalue weighted by Gasteiger charge is 2.24. The molecule has 0 radical (unpaired) electrons. The quantitative estimate of drug-likeness (QED) is 0.906. The molecule has 2 aromatic heterocycles. The van der Waals surface area contributed by atoms with E-state index in [0.29, 0.717) is 17.2 Å². The first-order valence-electron chi connectivity index (χ1n) is 5.76. The van der Waals surface area contributed by atoms with Crippen LogP contribution < -0.4 is 4.72 Å². The van der Waals surface area contributed by atoms with Gasteiger partial charge in [0.1, 0.15) is 10.7 Å². The summed E-state index contributed by atoms with van der Waals surface area (Å²) in [6, 6.07) is 1.68. The number of nitrogens with one attached hydrogen (secondary N) is 1. The Morgan fingerprint density at radius 2 is 1.74 bits per heavy atom. The van der Waals surface area contributed by atoms with Gasteiger partial charge in [-0.2, -0.15) is 10.2 Å². The molecule has 19 heavy (non-hydrogen) atoms. The number of aryl methyl sites for hydroxylation is 4. The predicted octanol–water partition coefficient (Wildman–Crippen LogP) is 0.880. The highest BCUT2D eigenvalue weighted by molar-refractivity contribution is 7.92. The second kappa shape index (κ2) is 4.37. The van der Waals surface area contributed by atoms with E-state index in [-0.39, 0.29) is 4.90 Å². The zero-order valence-electron chi connectivity index (χ0n) is 11.6. The summed E-state index contributed by atoms with van der Waals surface area (Å²) in [5.74, 6) is 0.431. The van der Waals surface area contributed by atoms with Crippen molar-refractivity contribution in [3.05, 3.63) is 23.1 Å². The number of hydrogen-bond donors (Lipinski definition) is 1. The third-order valence-electron chi connectivity index (χ3n) is 2.95. The van der Waals surface area contributed by atoms with E-state index in [1.165, 1.54) is 4.68 Å². The first kappa shape index (κ1) is 13.6. The zero-order valence-corrected chi connectivity index (χ0v) is 12.4. The van der Waals surface area contributed by atoms with Crippen molar-refractivity contribution in [2.75, 3.05) is 4.72 Å². The summed E-state index contributed by atoms with van der Waals surface area (Å²) in [6.07, 6.45) is 0. The van der Waals surface area contributed by atoms with Crippen LogP contribution in [0.3, 0.4) is 0 Å². The zero-order chi connectivity index (χ0) is 14.4. The number of sulfonamides is 1. The van der Waals surface area contributed by atoms with Crippen LogP contribution in [0.4, 0.5) is 5.82 Å². The van der Waals surface area contributed by atoms with Crippen molar-refractivity contribution in [2.45, 2.75) is 25.7 Å². The van der Waals surface area contributed by atoms with Crippen LogP contribution in [0.2, 0.25) is 0 Å². The molecule has 0 aliphatic rings. The van der Waals surface area contributed by atoms with E-state index in [0.717, 1.165) is 5.69 Å². The monoisotopic (exact) mass is 283 g/mol. The van der Waals surface area contributed by atoms with Gasteiger partial charge in [0.05, 0.1) is 17.1 Å². The highest BCUT2D eigenvalue weighted by atomic mass is 32.2. The molecule has 7 nitrogen and oxygen atoms in total. The third kappa shape index (κ3) is 2.35. The van der Waals surface area contributed by atoms with Gasteiger partial charge in [-0.15, -0.1) is 0 Å². The Balaban J connectivity index is 2.46. The molecule has 0 saturated heterocycles. The Kier molecular flexibility index (Phi) is 3.13. The number of hydrogen-bond acceptors (Lipinski definition) is 4. The molecule has 0 aliphatic heterocycles. The van der Waals surface area contributed by atoms with Gasteiger partial charge in [0, 0.05) is 20.2 Å². The minimum absolute atomic E-state index is 0.217. The molecule has 0 spiro atoms. The molecule has 0 aliphatic carbocycles. The molecule has 0 amide bonds. The van der Waals surface area contributed by atoms with Crippen molar-refractivity contribution in [3.63, 3.8) is 0 Å². The van der Waals surface area contributed by atoms with Crippen LogP contribution in [-0.4, -0.2) is 28.0 Å². The number of rotatable bonds is 3. The molecule has 104 valence electrons. The van der Waals surface area contributed by atoms with E-state index in [4.69, 9.17) is 0 Å². The van der Waals surface area contributed by atoms with Crippen molar-refractivity contribution in [1.29, 1.82) is 0 Å². The first-order chi connectivity index (χ1) is 8.72. The standard InChI is InChI=1S/C11H17N5O2S/c1-7-6-10(16(5)12-7)14-19(17,18)11-8(2)13-15(4)9(11)3/h6,14H,1-5H3. The van der Waals surface area contributed by atoms with Gasteiger partial charge in [-0.1, -0.05) is 0 Å². The van der Waals surface area contributed by atoms with Crippen molar-refractivity contribution >= 4 is 15.8 Å². The summed E-state index contributed by atoms with van der Waals surface area (Å²) in [5.41, 5.74) is 1.83. The summed E-state index contributed by atoms with van der Waals surface area (Å²) in [6.45, 7) is 5.21. The van der Waals surface area contributed by atoms with Crippen LogP contribution in [0.5, 0.6) is 0 Å². The Morgan fingerprint density at radius 1 is 1.11 bits per heavy atom. The fraction of sp³-hybridized carbons (Fsp3) is 0.455. The Hall–Kier alpha value is -1.83. The second-order valence-corrected chi connectivity index (χ2v) is 6.14. The SMILES string of the molecule is Cc1cc(NS(=O)(=O)c2c(C)nn(C)c2C)n(C)n1.